The normalized spacial score (nSPS) is 11.8. The van der Waals surface area contributed by atoms with Gasteiger partial charge in [-0.1, -0.05) is 0 Å². The van der Waals surface area contributed by atoms with E-state index < -0.39 is 10.0 Å². The SMILES string of the molecule is Cc1cc(N)c(C)c(S(=O)(=O)NCCc2ncn[nH]2)c1C. The van der Waals surface area contributed by atoms with Crippen molar-refractivity contribution in [1.82, 2.24) is 19.9 Å². The van der Waals surface area contributed by atoms with Crippen molar-refractivity contribution in [2.75, 3.05) is 12.3 Å². The van der Waals surface area contributed by atoms with E-state index in [9.17, 15) is 8.42 Å². The third kappa shape index (κ3) is 3.22. The van der Waals surface area contributed by atoms with Crippen molar-refractivity contribution >= 4 is 15.7 Å². The lowest BCUT2D eigenvalue weighted by atomic mass is 10.1. The number of rotatable bonds is 5. The predicted molar refractivity (Wildman–Crippen MR) is 80.3 cm³/mol. The van der Waals surface area contributed by atoms with Gasteiger partial charge in [0.1, 0.15) is 12.2 Å². The van der Waals surface area contributed by atoms with E-state index in [1.54, 1.807) is 19.9 Å². The molecule has 0 spiro atoms. The van der Waals surface area contributed by atoms with E-state index in [2.05, 4.69) is 19.9 Å². The van der Waals surface area contributed by atoms with Gasteiger partial charge in [-0.2, -0.15) is 5.10 Å². The van der Waals surface area contributed by atoms with Crippen molar-refractivity contribution in [3.8, 4) is 0 Å². The largest absolute Gasteiger partial charge is 0.398 e. The van der Waals surface area contributed by atoms with Crippen molar-refractivity contribution in [2.24, 2.45) is 0 Å². The number of nitrogens with one attached hydrogen (secondary N) is 2. The molecule has 0 aliphatic carbocycles. The van der Waals surface area contributed by atoms with Crippen molar-refractivity contribution in [2.45, 2.75) is 32.1 Å². The van der Waals surface area contributed by atoms with Gasteiger partial charge < -0.3 is 5.73 Å². The van der Waals surface area contributed by atoms with Crippen molar-refractivity contribution in [3.63, 3.8) is 0 Å². The summed E-state index contributed by atoms with van der Waals surface area (Å²) in [6.07, 6.45) is 1.83. The number of nitrogen functional groups attached to an aromatic ring is 1. The molecule has 21 heavy (non-hydrogen) atoms. The van der Waals surface area contributed by atoms with Gasteiger partial charge in [0.05, 0.1) is 4.90 Å². The highest BCUT2D eigenvalue weighted by atomic mass is 32.2. The van der Waals surface area contributed by atoms with Gasteiger partial charge in [-0.3, -0.25) is 5.10 Å². The fourth-order valence-corrected chi connectivity index (χ4v) is 3.77. The Balaban J connectivity index is 2.23. The van der Waals surface area contributed by atoms with Crippen LogP contribution in [0.25, 0.3) is 0 Å². The first kappa shape index (κ1) is 15.5. The molecule has 0 amide bonds. The number of sulfonamides is 1. The number of benzene rings is 1. The fraction of sp³-hybridized carbons (Fsp3) is 0.385. The van der Waals surface area contributed by atoms with Crippen LogP contribution in [0.4, 0.5) is 5.69 Å². The molecule has 0 radical (unpaired) electrons. The van der Waals surface area contributed by atoms with E-state index in [0.717, 1.165) is 5.56 Å². The first-order valence-electron chi connectivity index (χ1n) is 6.53. The molecule has 0 aliphatic rings. The Morgan fingerprint density at radius 3 is 2.62 bits per heavy atom. The molecule has 0 bridgehead atoms. The molecule has 0 saturated carbocycles. The van der Waals surface area contributed by atoms with Gasteiger partial charge in [-0.15, -0.1) is 0 Å². The first-order valence-corrected chi connectivity index (χ1v) is 8.01. The highest BCUT2D eigenvalue weighted by Crippen LogP contribution is 2.27. The third-order valence-electron chi connectivity index (χ3n) is 3.47. The number of nitrogens with two attached hydrogens (primary N) is 1. The Labute approximate surface area is 124 Å². The summed E-state index contributed by atoms with van der Waals surface area (Å²) in [5.41, 5.74) is 8.50. The van der Waals surface area contributed by atoms with Gasteiger partial charge in [0, 0.05) is 18.7 Å². The zero-order chi connectivity index (χ0) is 15.6. The second-order valence-electron chi connectivity index (χ2n) is 4.94. The molecule has 4 N–H and O–H groups in total. The lowest BCUT2D eigenvalue weighted by Gasteiger charge is -2.15. The second-order valence-corrected chi connectivity index (χ2v) is 6.65. The van der Waals surface area contributed by atoms with E-state index >= 15 is 0 Å². The van der Waals surface area contributed by atoms with E-state index in [0.29, 0.717) is 29.1 Å². The monoisotopic (exact) mass is 309 g/mol. The maximum atomic E-state index is 12.5. The van der Waals surface area contributed by atoms with Gasteiger partial charge in [0.2, 0.25) is 10.0 Å². The van der Waals surface area contributed by atoms with Crippen LogP contribution in [0.3, 0.4) is 0 Å². The lowest BCUT2D eigenvalue weighted by Crippen LogP contribution is -2.28. The fourth-order valence-electron chi connectivity index (χ4n) is 2.17. The molecule has 1 heterocycles. The summed E-state index contributed by atoms with van der Waals surface area (Å²) < 4.78 is 27.6. The standard InChI is InChI=1S/C13H19N5O2S/c1-8-6-11(14)10(3)13(9(8)2)21(19,20)17-5-4-12-15-7-16-18-12/h6-7,17H,4-5,14H2,1-3H3,(H,15,16,18). The van der Waals surface area contributed by atoms with Gasteiger partial charge >= 0.3 is 0 Å². The van der Waals surface area contributed by atoms with Crippen molar-refractivity contribution in [3.05, 3.63) is 34.9 Å². The Morgan fingerprint density at radius 1 is 1.29 bits per heavy atom. The predicted octanol–water partition coefficient (Wildman–Crippen LogP) is 0.833. The Bertz CT molecular complexity index is 712. The molecule has 8 heteroatoms. The topological polar surface area (TPSA) is 114 Å². The van der Waals surface area contributed by atoms with E-state index in [4.69, 9.17) is 5.73 Å². The molecule has 0 saturated heterocycles. The number of anilines is 1. The quantitative estimate of drug-likeness (QED) is 0.708. The average molecular weight is 309 g/mol. The lowest BCUT2D eigenvalue weighted by molar-refractivity contribution is 0.579. The Hall–Kier alpha value is -1.93. The second kappa shape index (κ2) is 5.82. The number of hydrogen-bond donors (Lipinski definition) is 3. The molecule has 0 unspecified atom stereocenters. The van der Waals surface area contributed by atoms with Crippen LogP contribution in [-0.4, -0.2) is 30.1 Å². The molecule has 0 atom stereocenters. The van der Waals surface area contributed by atoms with Gasteiger partial charge in [-0.25, -0.2) is 18.1 Å². The highest BCUT2D eigenvalue weighted by Gasteiger charge is 2.22. The van der Waals surface area contributed by atoms with Crippen molar-refractivity contribution in [1.29, 1.82) is 0 Å². The molecular weight excluding hydrogens is 290 g/mol. The molecule has 114 valence electrons. The maximum Gasteiger partial charge on any atom is 0.241 e. The molecule has 0 aliphatic heterocycles. The summed E-state index contributed by atoms with van der Waals surface area (Å²) in [6, 6.07) is 1.79. The minimum atomic E-state index is -3.61. The highest BCUT2D eigenvalue weighted by molar-refractivity contribution is 7.89. The maximum absolute atomic E-state index is 12.5. The number of nitrogens with zero attached hydrogens (tertiary/aromatic N) is 2. The number of hydrogen-bond acceptors (Lipinski definition) is 5. The van der Waals surface area contributed by atoms with Crippen LogP contribution in [0, 0.1) is 20.8 Å². The molecule has 1 aromatic carbocycles. The molecule has 2 aromatic rings. The van der Waals surface area contributed by atoms with E-state index in [-0.39, 0.29) is 11.4 Å². The summed E-state index contributed by atoms with van der Waals surface area (Å²) in [4.78, 5) is 4.21. The van der Waals surface area contributed by atoms with Gasteiger partial charge in [0.25, 0.3) is 0 Å². The van der Waals surface area contributed by atoms with Crippen LogP contribution < -0.4 is 10.5 Å². The van der Waals surface area contributed by atoms with Crippen LogP contribution in [0.1, 0.15) is 22.5 Å². The summed E-state index contributed by atoms with van der Waals surface area (Å²) >= 11 is 0. The zero-order valence-electron chi connectivity index (χ0n) is 12.3. The number of aromatic nitrogens is 3. The number of aromatic amines is 1. The summed E-state index contributed by atoms with van der Waals surface area (Å²) in [6.45, 7) is 5.59. The Kier molecular flexibility index (Phi) is 4.29. The number of H-pyrrole nitrogens is 1. The van der Waals surface area contributed by atoms with Crippen molar-refractivity contribution < 1.29 is 8.42 Å². The molecule has 0 fully saturated rings. The zero-order valence-corrected chi connectivity index (χ0v) is 13.1. The minimum absolute atomic E-state index is 0.240. The molecule has 7 nitrogen and oxygen atoms in total. The van der Waals surface area contributed by atoms with Gasteiger partial charge in [-0.05, 0) is 43.5 Å². The van der Waals surface area contributed by atoms with Crippen LogP contribution >= 0.6 is 0 Å². The summed E-state index contributed by atoms with van der Waals surface area (Å²) in [7, 11) is -3.61. The average Bonchev–Trinajstić information content (AvgIpc) is 2.89. The Morgan fingerprint density at radius 2 is 2.00 bits per heavy atom. The van der Waals surface area contributed by atoms with Crippen LogP contribution in [-0.2, 0) is 16.4 Å². The summed E-state index contributed by atoms with van der Waals surface area (Å²) in [5.74, 6) is 0.634. The molecule has 1 aromatic heterocycles. The minimum Gasteiger partial charge on any atom is -0.398 e. The number of aryl methyl sites for hydroxylation is 1. The van der Waals surface area contributed by atoms with E-state index in [1.807, 2.05) is 6.92 Å². The van der Waals surface area contributed by atoms with Gasteiger partial charge in [0.15, 0.2) is 0 Å². The van der Waals surface area contributed by atoms with E-state index in [1.165, 1.54) is 6.33 Å². The third-order valence-corrected chi connectivity index (χ3v) is 5.20. The molecule has 2 rings (SSSR count). The molecular formula is C13H19N5O2S. The van der Waals surface area contributed by atoms with Crippen LogP contribution in [0.2, 0.25) is 0 Å². The van der Waals surface area contributed by atoms with Crippen LogP contribution in [0.5, 0.6) is 0 Å². The van der Waals surface area contributed by atoms with Crippen LogP contribution in [0.15, 0.2) is 17.3 Å². The first-order chi connectivity index (χ1) is 9.83. The smallest absolute Gasteiger partial charge is 0.241 e. The summed E-state index contributed by atoms with van der Waals surface area (Å²) in [5, 5.41) is 6.41.